The number of hydrogen-bond donors (Lipinski definition) is 1. The van der Waals surface area contributed by atoms with Crippen molar-refractivity contribution in [3.05, 3.63) is 32.5 Å². The van der Waals surface area contributed by atoms with Crippen LogP contribution in [0.25, 0.3) is 0 Å². The summed E-state index contributed by atoms with van der Waals surface area (Å²) in [4.78, 5) is 17.5. The molecule has 0 bridgehead atoms. The number of carbonyl (C=O) groups is 1. The van der Waals surface area contributed by atoms with E-state index >= 15 is 0 Å². The Labute approximate surface area is 125 Å². The largest absolute Gasteiger partial charge is 0.462 e. The van der Waals surface area contributed by atoms with Crippen LogP contribution in [0.2, 0.25) is 0 Å². The number of nitrogens with one attached hydrogen (secondary N) is 1. The van der Waals surface area contributed by atoms with Gasteiger partial charge in [-0.2, -0.15) is 5.10 Å². The first-order valence-corrected chi connectivity index (χ1v) is 7.79. The summed E-state index contributed by atoms with van der Waals surface area (Å²) in [6.07, 6.45) is 1.75. The van der Waals surface area contributed by atoms with Gasteiger partial charge in [0.1, 0.15) is 4.88 Å². The van der Waals surface area contributed by atoms with E-state index in [-0.39, 0.29) is 5.97 Å². The molecule has 1 N–H and O–H groups in total. The zero-order chi connectivity index (χ0) is 14.5. The second-order valence-electron chi connectivity index (χ2n) is 3.99. The van der Waals surface area contributed by atoms with Crippen LogP contribution in [0.15, 0.2) is 16.5 Å². The summed E-state index contributed by atoms with van der Waals surface area (Å²) in [5, 5.41) is 6.73. The maximum Gasteiger partial charge on any atom is 0.350 e. The number of hydrazone groups is 1. The lowest BCUT2D eigenvalue weighted by atomic mass is 10.3. The molecule has 0 aliphatic carbocycles. The maximum atomic E-state index is 11.7. The Kier molecular flexibility index (Phi) is 4.86. The summed E-state index contributed by atoms with van der Waals surface area (Å²) in [5.41, 5.74) is 4.68. The van der Waals surface area contributed by atoms with Gasteiger partial charge in [-0.3, -0.25) is 5.43 Å². The number of carbonyl (C=O) groups excluding carboxylic acids is 1. The Morgan fingerprint density at radius 1 is 1.55 bits per heavy atom. The topological polar surface area (TPSA) is 63.6 Å². The van der Waals surface area contributed by atoms with Crippen molar-refractivity contribution in [3.8, 4) is 0 Å². The van der Waals surface area contributed by atoms with Gasteiger partial charge < -0.3 is 4.74 Å². The molecule has 0 amide bonds. The van der Waals surface area contributed by atoms with Gasteiger partial charge in [-0.1, -0.05) is 11.3 Å². The van der Waals surface area contributed by atoms with Gasteiger partial charge in [0.15, 0.2) is 0 Å². The van der Waals surface area contributed by atoms with Crippen LogP contribution in [0.1, 0.15) is 32.7 Å². The first kappa shape index (κ1) is 14.7. The summed E-state index contributed by atoms with van der Waals surface area (Å²) in [6, 6.07) is 2.04. The number of ether oxygens (including phenoxy) is 1. The molecule has 20 heavy (non-hydrogen) atoms. The van der Waals surface area contributed by atoms with E-state index in [0.717, 1.165) is 4.88 Å². The summed E-state index contributed by atoms with van der Waals surface area (Å²) < 4.78 is 4.97. The van der Waals surface area contributed by atoms with Gasteiger partial charge in [0.05, 0.1) is 18.5 Å². The minimum absolute atomic E-state index is 0.339. The van der Waals surface area contributed by atoms with Gasteiger partial charge >= 0.3 is 5.97 Å². The van der Waals surface area contributed by atoms with Gasteiger partial charge in [-0.05, 0) is 37.8 Å². The second-order valence-corrected chi connectivity index (χ2v) is 5.94. The average Bonchev–Trinajstić information content (AvgIpc) is 2.97. The molecule has 2 heterocycles. The average molecular weight is 309 g/mol. The maximum absolute atomic E-state index is 11.7. The molecule has 2 aromatic rings. The summed E-state index contributed by atoms with van der Waals surface area (Å²) in [7, 11) is 0. The molecular weight excluding hydrogens is 294 g/mol. The number of anilines is 1. The van der Waals surface area contributed by atoms with E-state index in [9.17, 15) is 4.79 Å². The summed E-state index contributed by atoms with van der Waals surface area (Å²) >= 11 is 2.87. The number of thiophene rings is 1. The highest BCUT2D eigenvalue weighted by atomic mass is 32.1. The van der Waals surface area contributed by atoms with Crippen LogP contribution in [0.3, 0.4) is 0 Å². The van der Waals surface area contributed by atoms with Crippen molar-refractivity contribution in [2.45, 2.75) is 20.8 Å². The van der Waals surface area contributed by atoms with Crippen LogP contribution in [0.4, 0.5) is 5.13 Å². The third-order valence-corrected chi connectivity index (χ3v) is 4.50. The number of thiazole rings is 1. The van der Waals surface area contributed by atoms with Crippen molar-refractivity contribution in [3.63, 3.8) is 0 Å². The van der Waals surface area contributed by atoms with Crippen molar-refractivity contribution in [2.24, 2.45) is 5.10 Å². The molecule has 5 nitrogen and oxygen atoms in total. The predicted molar refractivity (Wildman–Crippen MR) is 83.1 cm³/mol. The molecule has 0 saturated carbocycles. The molecule has 0 aromatic carbocycles. The van der Waals surface area contributed by atoms with E-state index in [4.69, 9.17) is 4.74 Å². The van der Waals surface area contributed by atoms with E-state index < -0.39 is 0 Å². The Morgan fingerprint density at radius 3 is 3.00 bits per heavy atom. The molecule has 0 spiro atoms. The third kappa shape index (κ3) is 3.43. The van der Waals surface area contributed by atoms with E-state index in [2.05, 4.69) is 15.5 Å². The van der Waals surface area contributed by atoms with Crippen molar-refractivity contribution in [1.29, 1.82) is 0 Å². The van der Waals surface area contributed by atoms with Gasteiger partial charge in [0, 0.05) is 4.88 Å². The second kappa shape index (κ2) is 6.62. The standard InChI is InChI=1S/C13H15N3O2S2/c1-4-18-12(17)11-9(3)15-13(20-11)16-14-7-10-8(2)5-6-19-10/h5-7H,4H2,1-3H3,(H,15,16). The quantitative estimate of drug-likeness (QED) is 0.522. The molecular formula is C13H15N3O2S2. The van der Waals surface area contributed by atoms with Crippen molar-refractivity contribution >= 4 is 40.0 Å². The molecule has 0 fully saturated rings. The highest BCUT2D eigenvalue weighted by Crippen LogP contribution is 2.23. The van der Waals surface area contributed by atoms with Gasteiger partial charge in [-0.15, -0.1) is 11.3 Å². The lowest BCUT2D eigenvalue weighted by Gasteiger charge is -1.97. The number of rotatable bonds is 5. The van der Waals surface area contributed by atoms with Crippen LogP contribution in [-0.4, -0.2) is 23.8 Å². The highest BCUT2D eigenvalue weighted by Gasteiger charge is 2.15. The van der Waals surface area contributed by atoms with Gasteiger partial charge in [-0.25, -0.2) is 9.78 Å². The van der Waals surface area contributed by atoms with Crippen molar-refractivity contribution < 1.29 is 9.53 Å². The minimum atomic E-state index is -0.339. The Bertz CT molecular complexity index is 631. The summed E-state index contributed by atoms with van der Waals surface area (Å²) in [6.45, 7) is 5.95. The first-order valence-electron chi connectivity index (χ1n) is 6.09. The van der Waals surface area contributed by atoms with Crippen LogP contribution in [0, 0.1) is 13.8 Å². The Morgan fingerprint density at radius 2 is 2.35 bits per heavy atom. The van der Waals surface area contributed by atoms with Gasteiger partial charge in [0.25, 0.3) is 0 Å². The Hall–Kier alpha value is -1.73. The Balaban J connectivity index is 2.04. The molecule has 106 valence electrons. The molecule has 0 unspecified atom stereocenters. The van der Waals surface area contributed by atoms with Crippen molar-refractivity contribution in [2.75, 3.05) is 12.0 Å². The molecule has 2 rings (SSSR count). The smallest absolute Gasteiger partial charge is 0.350 e. The predicted octanol–water partition coefficient (Wildman–Crippen LogP) is 3.44. The first-order chi connectivity index (χ1) is 9.61. The zero-order valence-electron chi connectivity index (χ0n) is 11.5. The molecule has 2 aromatic heterocycles. The number of hydrogen-bond acceptors (Lipinski definition) is 7. The van der Waals surface area contributed by atoms with Crippen molar-refractivity contribution in [1.82, 2.24) is 4.98 Å². The molecule has 0 saturated heterocycles. The molecule has 0 radical (unpaired) electrons. The third-order valence-electron chi connectivity index (χ3n) is 2.50. The molecule has 0 aliphatic heterocycles. The number of esters is 1. The molecule has 7 heteroatoms. The monoisotopic (exact) mass is 309 g/mol. The zero-order valence-corrected chi connectivity index (χ0v) is 13.1. The van der Waals surface area contributed by atoms with Crippen LogP contribution in [-0.2, 0) is 4.74 Å². The van der Waals surface area contributed by atoms with E-state index in [1.165, 1.54) is 16.9 Å². The highest BCUT2D eigenvalue weighted by molar-refractivity contribution is 7.17. The fourth-order valence-electron chi connectivity index (χ4n) is 1.49. The lowest BCUT2D eigenvalue weighted by Crippen LogP contribution is -2.03. The normalized spacial score (nSPS) is 10.9. The van der Waals surface area contributed by atoms with E-state index in [0.29, 0.717) is 22.3 Å². The fourth-order valence-corrected chi connectivity index (χ4v) is 3.09. The number of aryl methyl sites for hydroxylation is 2. The minimum Gasteiger partial charge on any atom is -0.462 e. The summed E-state index contributed by atoms with van der Waals surface area (Å²) in [5.74, 6) is -0.339. The SMILES string of the molecule is CCOC(=O)c1sc(NN=Cc2sccc2C)nc1C. The number of aromatic nitrogens is 1. The molecule has 0 atom stereocenters. The fraction of sp³-hybridized carbons (Fsp3) is 0.308. The van der Waals surface area contributed by atoms with Gasteiger partial charge in [0.2, 0.25) is 5.13 Å². The number of nitrogens with zero attached hydrogens (tertiary/aromatic N) is 2. The lowest BCUT2D eigenvalue weighted by molar-refractivity contribution is 0.0531. The van der Waals surface area contributed by atoms with Crippen LogP contribution in [0.5, 0.6) is 0 Å². The van der Waals surface area contributed by atoms with Crippen LogP contribution >= 0.6 is 22.7 Å². The van der Waals surface area contributed by atoms with Crippen LogP contribution < -0.4 is 5.43 Å². The van der Waals surface area contributed by atoms with E-state index in [1.807, 2.05) is 18.4 Å². The molecule has 0 aliphatic rings. The van der Waals surface area contributed by atoms with E-state index in [1.54, 1.807) is 31.4 Å².